The summed E-state index contributed by atoms with van der Waals surface area (Å²) in [6.07, 6.45) is 1.40. The Labute approximate surface area is 138 Å². The van der Waals surface area contributed by atoms with E-state index in [1.807, 2.05) is 51.1 Å². The maximum atomic E-state index is 12.1. The zero-order valence-corrected chi connectivity index (χ0v) is 14.2. The minimum absolute atomic E-state index is 0.0126. The van der Waals surface area contributed by atoms with Crippen LogP contribution in [0.4, 0.5) is 4.79 Å². The van der Waals surface area contributed by atoms with Gasteiger partial charge in [-0.25, -0.2) is 4.79 Å². The van der Waals surface area contributed by atoms with Gasteiger partial charge < -0.3 is 20.5 Å². The third-order valence-corrected chi connectivity index (χ3v) is 3.92. The van der Waals surface area contributed by atoms with Gasteiger partial charge in [-0.3, -0.25) is 0 Å². The summed E-state index contributed by atoms with van der Waals surface area (Å²) in [6, 6.07) is 9.49. The summed E-state index contributed by atoms with van der Waals surface area (Å²) in [4.78, 5) is 12.1. The van der Waals surface area contributed by atoms with Gasteiger partial charge in [-0.1, -0.05) is 30.3 Å². The summed E-state index contributed by atoms with van der Waals surface area (Å²) < 4.78 is 5.34. The number of carbonyl (C=O) groups excluding carboxylic acids is 1. The summed E-state index contributed by atoms with van der Waals surface area (Å²) in [5, 5.41) is 16.8. The van der Waals surface area contributed by atoms with Crippen LogP contribution in [0.1, 0.15) is 39.2 Å². The van der Waals surface area contributed by atoms with E-state index in [1.165, 1.54) is 0 Å². The molecule has 0 bridgehead atoms. The first kappa shape index (κ1) is 17.8. The van der Waals surface area contributed by atoms with Gasteiger partial charge in [0.15, 0.2) is 0 Å². The van der Waals surface area contributed by atoms with Gasteiger partial charge in [0.2, 0.25) is 0 Å². The minimum atomic E-state index is -0.648. The van der Waals surface area contributed by atoms with Crippen molar-refractivity contribution in [2.45, 2.75) is 63.8 Å². The smallest absolute Gasteiger partial charge is 0.407 e. The van der Waals surface area contributed by atoms with Crippen molar-refractivity contribution in [1.82, 2.24) is 10.6 Å². The summed E-state index contributed by atoms with van der Waals surface area (Å²) in [5.41, 5.74) is 0.517. The maximum absolute atomic E-state index is 12.1. The van der Waals surface area contributed by atoms with E-state index in [9.17, 15) is 9.90 Å². The Hall–Kier alpha value is -1.59. The van der Waals surface area contributed by atoms with Crippen molar-refractivity contribution >= 4 is 6.09 Å². The lowest BCUT2D eigenvalue weighted by Gasteiger charge is -2.30. The normalized spacial score (nSPS) is 20.8. The van der Waals surface area contributed by atoms with E-state index >= 15 is 0 Å². The predicted molar refractivity (Wildman–Crippen MR) is 90.3 cm³/mol. The molecule has 1 heterocycles. The van der Waals surface area contributed by atoms with Gasteiger partial charge in [-0.15, -0.1) is 0 Å². The van der Waals surface area contributed by atoms with E-state index in [0.29, 0.717) is 6.42 Å². The predicted octanol–water partition coefficient (Wildman–Crippen LogP) is 2.24. The molecule has 1 aromatic rings. The van der Waals surface area contributed by atoms with E-state index in [2.05, 4.69) is 10.6 Å². The van der Waals surface area contributed by atoms with Crippen LogP contribution in [0.25, 0.3) is 0 Å². The number of hydrogen-bond donors (Lipinski definition) is 3. The molecule has 0 aliphatic carbocycles. The van der Waals surface area contributed by atoms with Crippen LogP contribution in [0.2, 0.25) is 0 Å². The van der Waals surface area contributed by atoms with Gasteiger partial charge in [0.05, 0.1) is 12.1 Å². The van der Waals surface area contributed by atoms with Gasteiger partial charge in [-0.05, 0) is 52.1 Å². The molecule has 1 aromatic carbocycles. The van der Waals surface area contributed by atoms with E-state index in [0.717, 1.165) is 24.9 Å². The van der Waals surface area contributed by atoms with E-state index in [4.69, 9.17) is 4.74 Å². The van der Waals surface area contributed by atoms with E-state index < -0.39 is 17.8 Å². The van der Waals surface area contributed by atoms with Gasteiger partial charge >= 0.3 is 6.09 Å². The average Bonchev–Trinajstić information content (AvgIpc) is 2.99. The third-order valence-electron chi connectivity index (χ3n) is 3.92. The Kier molecular flexibility index (Phi) is 6.02. The average molecular weight is 320 g/mol. The largest absolute Gasteiger partial charge is 0.444 e. The fraction of sp³-hybridized carbons (Fsp3) is 0.611. The quantitative estimate of drug-likeness (QED) is 0.778. The molecule has 0 spiro atoms. The van der Waals surface area contributed by atoms with Gasteiger partial charge in [0.25, 0.3) is 0 Å². The number of rotatable bonds is 5. The molecular weight excluding hydrogens is 292 g/mol. The second-order valence-corrected chi connectivity index (χ2v) is 7.14. The number of hydrogen-bond acceptors (Lipinski definition) is 4. The Morgan fingerprint density at radius 1 is 1.39 bits per heavy atom. The number of nitrogens with one attached hydrogen (secondary N) is 2. The van der Waals surface area contributed by atoms with E-state index in [1.54, 1.807) is 0 Å². The van der Waals surface area contributed by atoms with Crippen LogP contribution >= 0.6 is 0 Å². The fourth-order valence-electron chi connectivity index (χ4n) is 2.87. The van der Waals surface area contributed by atoms with Crippen LogP contribution in [-0.4, -0.2) is 41.5 Å². The topological polar surface area (TPSA) is 70.6 Å². The lowest BCUT2D eigenvalue weighted by atomic mass is 9.95. The second kappa shape index (κ2) is 7.79. The minimum Gasteiger partial charge on any atom is -0.444 e. The van der Waals surface area contributed by atoms with Crippen molar-refractivity contribution in [3.63, 3.8) is 0 Å². The second-order valence-electron chi connectivity index (χ2n) is 7.14. The van der Waals surface area contributed by atoms with Crippen molar-refractivity contribution in [2.24, 2.45) is 0 Å². The van der Waals surface area contributed by atoms with Crippen LogP contribution in [-0.2, 0) is 11.2 Å². The standard InChI is InChI=1S/C18H28N2O3/c1-18(2,3)23-17(22)20-15(12-13-8-5-4-6-9-13)16(21)14-10-7-11-19-14/h4-6,8-9,14-16,19,21H,7,10-12H2,1-3H3,(H,20,22). The lowest BCUT2D eigenvalue weighted by molar-refractivity contribution is 0.0381. The van der Waals surface area contributed by atoms with Gasteiger partial charge in [0, 0.05) is 6.04 Å². The van der Waals surface area contributed by atoms with Crippen LogP contribution in [0.3, 0.4) is 0 Å². The van der Waals surface area contributed by atoms with Crippen molar-refractivity contribution in [2.75, 3.05) is 6.54 Å². The summed E-state index contributed by atoms with van der Waals surface area (Å²) in [5.74, 6) is 0. The summed E-state index contributed by atoms with van der Waals surface area (Å²) in [6.45, 7) is 6.39. The Bertz CT molecular complexity index is 493. The molecule has 0 saturated carbocycles. The van der Waals surface area contributed by atoms with Crippen molar-refractivity contribution < 1.29 is 14.6 Å². The highest BCUT2D eigenvalue weighted by molar-refractivity contribution is 5.68. The maximum Gasteiger partial charge on any atom is 0.407 e. The SMILES string of the molecule is CC(C)(C)OC(=O)NC(Cc1ccccc1)C(O)C1CCCN1. The van der Waals surface area contributed by atoms with Crippen LogP contribution < -0.4 is 10.6 Å². The van der Waals surface area contributed by atoms with Crippen LogP contribution in [0.5, 0.6) is 0 Å². The zero-order chi connectivity index (χ0) is 16.9. The fourth-order valence-corrected chi connectivity index (χ4v) is 2.87. The number of amides is 1. The monoisotopic (exact) mass is 320 g/mol. The summed E-state index contributed by atoms with van der Waals surface area (Å²) >= 11 is 0. The molecule has 5 heteroatoms. The Morgan fingerprint density at radius 3 is 2.65 bits per heavy atom. The molecule has 1 aliphatic rings. The number of ether oxygens (including phenoxy) is 1. The highest BCUT2D eigenvalue weighted by Crippen LogP contribution is 2.16. The molecule has 1 aliphatic heterocycles. The first-order valence-corrected chi connectivity index (χ1v) is 8.30. The number of aliphatic hydroxyl groups excluding tert-OH is 1. The highest BCUT2D eigenvalue weighted by atomic mass is 16.6. The number of carbonyl (C=O) groups is 1. The van der Waals surface area contributed by atoms with Gasteiger partial charge in [-0.2, -0.15) is 0 Å². The molecule has 128 valence electrons. The molecule has 3 unspecified atom stereocenters. The molecular formula is C18H28N2O3. The van der Waals surface area contributed by atoms with E-state index in [-0.39, 0.29) is 12.1 Å². The highest BCUT2D eigenvalue weighted by Gasteiger charge is 2.32. The molecule has 1 fully saturated rings. The van der Waals surface area contributed by atoms with Crippen molar-refractivity contribution in [3.8, 4) is 0 Å². The molecule has 5 nitrogen and oxygen atoms in total. The third kappa shape index (κ3) is 5.84. The van der Waals surface area contributed by atoms with Crippen LogP contribution in [0, 0.1) is 0 Å². The molecule has 23 heavy (non-hydrogen) atoms. The van der Waals surface area contributed by atoms with Crippen molar-refractivity contribution in [3.05, 3.63) is 35.9 Å². The molecule has 0 aromatic heterocycles. The summed E-state index contributed by atoms with van der Waals surface area (Å²) in [7, 11) is 0. The zero-order valence-electron chi connectivity index (χ0n) is 14.2. The molecule has 1 amide bonds. The van der Waals surface area contributed by atoms with Crippen LogP contribution in [0.15, 0.2) is 30.3 Å². The molecule has 3 atom stereocenters. The molecule has 0 radical (unpaired) electrons. The first-order chi connectivity index (χ1) is 10.8. The van der Waals surface area contributed by atoms with Gasteiger partial charge in [0.1, 0.15) is 5.60 Å². The number of alkyl carbamates (subject to hydrolysis) is 1. The molecule has 2 rings (SSSR count). The first-order valence-electron chi connectivity index (χ1n) is 8.30. The number of benzene rings is 1. The molecule has 3 N–H and O–H groups in total. The Balaban J connectivity index is 2.05. The molecule has 1 saturated heterocycles. The Morgan fingerprint density at radius 2 is 2.09 bits per heavy atom. The number of aliphatic hydroxyl groups is 1. The van der Waals surface area contributed by atoms with Crippen molar-refractivity contribution in [1.29, 1.82) is 0 Å². The lowest BCUT2D eigenvalue weighted by Crippen LogP contribution is -2.53.